The van der Waals surface area contributed by atoms with Gasteiger partial charge in [-0.15, -0.1) is 0 Å². The molecule has 0 aromatic carbocycles. The van der Waals surface area contributed by atoms with Crippen molar-refractivity contribution < 1.29 is 9.53 Å². The Morgan fingerprint density at radius 2 is 2.32 bits per heavy atom. The van der Waals surface area contributed by atoms with Gasteiger partial charge < -0.3 is 15.4 Å². The molecule has 1 aromatic heterocycles. The molecule has 0 radical (unpaired) electrons. The third-order valence-corrected chi connectivity index (χ3v) is 3.63. The van der Waals surface area contributed by atoms with Crippen LogP contribution in [-0.2, 0) is 4.74 Å². The molecule has 5 heteroatoms. The van der Waals surface area contributed by atoms with Crippen LogP contribution in [0.1, 0.15) is 37.0 Å². The molecule has 1 unspecified atom stereocenters. The number of rotatable bonds is 5. The topological polar surface area (TPSA) is 68.5 Å². The van der Waals surface area contributed by atoms with Crippen molar-refractivity contribution in [2.24, 2.45) is 5.92 Å². The molecule has 0 aliphatic heterocycles. The molecule has 1 atom stereocenters. The van der Waals surface area contributed by atoms with Crippen LogP contribution in [0.5, 0.6) is 0 Å². The Labute approximate surface area is 113 Å². The van der Waals surface area contributed by atoms with E-state index in [4.69, 9.17) is 10.5 Å². The van der Waals surface area contributed by atoms with Gasteiger partial charge in [0.1, 0.15) is 11.4 Å². The molecule has 5 nitrogen and oxygen atoms in total. The maximum Gasteiger partial charge on any atom is 0.341 e. The van der Waals surface area contributed by atoms with E-state index in [-0.39, 0.29) is 5.97 Å². The molecule has 1 aliphatic carbocycles. The average molecular weight is 263 g/mol. The average Bonchev–Trinajstić information content (AvgIpc) is 3.21. The molecule has 0 bridgehead atoms. The maximum absolute atomic E-state index is 12.0. The first-order valence-corrected chi connectivity index (χ1v) is 6.70. The van der Waals surface area contributed by atoms with Crippen LogP contribution >= 0.6 is 0 Å². The highest BCUT2D eigenvalue weighted by atomic mass is 16.5. The Hall–Kier alpha value is -1.78. The van der Waals surface area contributed by atoms with Gasteiger partial charge in [-0.05, 0) is 38.7 Å². The van der Waals surface area contributed by atoms with Crippen molar-refractivity contribution in [1.29, 1.82) is 0 Å². The Kier molecular flexibility index (Phi) is 3.93. The van der Waals surface area contributed by atoms with Crippen LogP contribution in [0.4, 0.5) is 11.5 Å². The number of carbonyl (C=O) groups is 1. The van der Waals surface area contributed by atoms with E-state index in [0.717, 1.165) is 0 Å². The summed E-state index contributed by atoms with van der Waals surface area (Å²) in [7, 11) is 1.96. The highest BCUT2D eigenvalue weighted by Gasteiger charge is 2.32. The highest BCUT2D eigenvalue weighted by Crippen LogP contribution is 2.36. The quantitative estimate of drug-likeness (QED) is 0.824. The fourth-order valence-corrected chi connectivity index (χ4v) is 2.20. The van der Waals surface area contributed by atoms with Crippen LogP contribution < -0.4 is 10.6 Å². The van der Waals surface area contributed by atoms with E-state index < -0.39 is 0 Å². The fourth-order valence-electron chi connectivity index (χ4n) is 2.20. The summed E-state index contributed by atoms with van der Waals surface area (Å²) >= 11 is 0. The molecule has 19 heavy (non-hydrogen) atoms. The lowest BCUT2D eigenvalue weighted by molar-refractivity contribution is 0.0526. The summed E-state index contributed by atoms with van der Waals surface area (Å²) in [6.07, 6.45) is 4.07. The van der Waals surface area contributed by atoms with Crippen molar-refractivity contribution in [3.63, 3.8) is 0 Å². The number of hydrogen-bond donors (Lipinski definition) is 1. The molecule has 1 heterocycles. The standard InChI is InChI=1S/C14H21N3O2/c1-4-19-14(18)12-7-11(15)8-16-13(12)17(3)9(2)10-5-6-10/h7-10H,4-6,15H2,1-3H3. The SMILES string of the molecule is CCOC(=O)c1cc(N)cnc1N(C)C(C)C1CC1. The van der Waals surface area contributed by atoms with Crippen molar-refractivity contribution in [3.05, 3.63) is 17.8 Å². The van der Waals surface area contributed by atoms with Crippen molar-refractivity contribution in [2.75, 3.05) is 24.3 Å². The zero-order valence-electron chi connectivity index (χ0n) is 11.7. The van der Waals surface area contributed by atoms with Crippen LogP contribution in [0.15, 0.2) is 12.3 Å². The molecule has 0 amide bonds. The van der Waals surface area contributed by atoms with E-state index in [1.807, 2.05) is 11.9 Å². The molecule has 2 rings (SSSR count). The number of aromatic nitrogens is 1. The number of nitrogen functional groups attached to an aromatic ring is 1. The molecular weight excluding hydrogens is 242 g/mol. The normalized spacial score (nSPS) is 15.9. The predicted octanol–water partition coefficient (Wildman–Crippen LogP) is 2.08. The highest BCUT2D eigenvalue weighted by molar-refractivity contribution is 5.95. The summed E-state index contributed by atoms with van der Waals surface area (Å²) in [5.74, 6) is 0.971. The third kappa shape index (κ3) is 2.97. The van der Waals surface area contributed by atoms with Crippen LogP contribution in [0.3, 0.4) is 0 Å². The lowest BCUT2D eigenvalue weighted by atomic mass is 10.1. The van der Waals surface area contributed by atoms with Crippen LogP contribution in [0, 0.1) is 5.92 Å². The molecule has 0 spiro atoms. The number of anilines is 2. The molecule has 0 saturated heterocycles. The van der Waals surface area contributed by atoms with Gasteiger partial charge in [0, 0.05) is 13.1 Å². The van der Waals surface area contributed by atoms with E-state index in [0.29, 0.717) is 35.6 Å². The summed E-state index contributed by atoms with van der Waals surface area (Å²) in [6, 6.07) is 2.00. The van der Waals surface area contributed by atoms with E-state index in [2.05, 4.69) is 11.9 Å². The van der Waals surface area contributed by atoms with Gasteiger partial charge >= 0.3 is 5.97 Å². The molecule has 104 valence electrons. The van der Waals surface area contributed by atoms with Crippen LogP contribution in [0.2, 0.25) is 0 Å². The van der Waals surface area contributed by atoms with E-state index in [1.165, 1.54) is 12.8 Å². The number of carbonyl (C=O) groups excluding carboxylic acids is 1. The minimum Gasteiger partial charge on any atom is -0.462 e. The summed E-state index contributed by atoms with van der Waals surface area (Å²) in [5, 5.41) is 0. The summed E-state index contributed by atoms with van der Waals surface area (Å²) in [4.78, 5) is 18.3. The Morgan fingerprint density at radius 1 is 1.63 bits per heavy atom. The van der Waals surface area contributed by atoms with Crippen molar-refractivity contribution in [1.82, 2.24) is 4.98 Å². The van der Waals surface area contributed by atoms with Gasteiger partial charge in [0.2, 0.25) is 0 Å². The van der Waals surface area contributed by atoms with Crippen LogP contribution in [0.25, 0.3) is 0 Å². The second kappa shape index (κ2) is 5.47. The molecule has 1 fully saturated rings. The van der Waals surface area contributed by atoms with E-state index in [1.54, 1.807) is 19.2 Å². The first-order valence-electron chi connectivity index (χ1n) is 6.70. The number of nitrogens with two attached hydrogens (primary N) is 1. The first-order chi connectivity index (χ1) is 9.04. The van der Waals surface area contributed by atoms with Crippen molar-refractivity contribution >= 4 is 17.5 Å². The van der Waals surface area contributed by atoms with Crippen molar-refractivity contribution in [3.8, 4) is 0 Å². The van der Waals surface area contributed by atoms with Gasteiger partial charge in [-0.2, -0.15) is 0 Å². The summed E-state index contributed by atoms with van der Waals surface area (Å²) in [5.41, 5.74) is 6.63. The molecule has 1 aromatic rings. The van der Waals surface area contributed by atoms with Crippen LogP contribution in [-0.4, -0.2) is 30.6 Å². The fraction of sp³-hybridized carbons (Fsp3) is 0.571. The number of esters is 1. The second-order valence-corrected chi connectivity index (χ2v) is 5.05. The lowest BCUT2D eigenvalue weighted by Crippen LogP contribution is -2.32. The smallest absolute Gasteiger partial charge is 0.341 e. The zero-order valence-corrected chi connectivity index (χ0v) is 11.7. The van der Waals surface area contributed by atoms with Crippen molar-refractivity contribution in [2.45, 2.75) is 32.7 Å². The first kappa shape index (κ1) is 13.6. The number of hydrogen-bond acceptors (Lipinski definition) is 5. The van der Waals surface area contributed by atoms with Gasteiger partial charge in [0.05, 0.1) is 18.5 Å². The monoisotopic (exact) mass is 263 g/mol. The Bertz CT molecular complexity index is 472. The van der Waals surface area contributed by atoms with Gasteiger partial charge in [-0.1, -0.05) is 0 Å². The van der Waals surface area contributed by atoms with Gasteiger partial charge in [-0.25, -0.2) is 9.78 Å². The van der Waals surface area contributed by atoms with Gasteiger partial charge in [0.25, 0.3) is 0 Å². The van der Waals surface area contributed by atoms with Gasteiger partial charge in [-0.3, -0.25) is 0 Å². The maximum atomic E-state index is 12.0. The van der Waals surface area contributed by atoms with E-state index >= 15 is 0 Å². The van der Waals surface area contributed by atoms with E-state index in [9.17, 15) is 4.79 Å². The molecule has 1 saturated carbocycles. The molecule has 2 N–H and O–H groups in total. The minimum atomic E-state index is -0.368. The summed E-state index contributed by atoms with van der Waals surface area (Å²) < 4.78 is 5.07. The predicted molar refractivity (Wildman–Crippen MR) is 75.2 cm³/mol. The molecule has 1 aliphatic rings. The number of pyridine rings is 1. The third-order valence-electron chi connectivity index (χ3n) is 3.63. The Morgan fingerprint density at radius 3 is 2.89 bits per heavy atom. The largest absolute Gasteiger partial charge is 0.462 e. The lowest BCUT2D eigenvalue weighted by Gasteiger charge is -2.27. The Balaban J connectivity index is 2.29. The van der Waals surface area contributed by atoms with Gasteiger partial charge in [0.15, 0.2) is 0 Å². The summed E-state index contributed by atoms with van der Waals surface area (Å²) in [6.45, 7) is 4.29. The minimum absolute atomic E-state index is 0.342. The number of nitrogens with zero attached hydrogens (tertiary/aromatic N) is 2. The zero-order chi connectivity index (χ0) is 14.0. The second-order valence-electron chi connectivity index (χ2n) is 5.05. The number of ether oxygens (including phenoxy) is 1. The molecular formula is C14H21N3O2.